The molecule has 0 bridgehead atoms. The summed E-state index contributed by atoms with van der Waals surface area (Å²) in [6.07, 6.45) is 7.06. The van der Waals surface area contributed by atoms with E-state index in [1.54, 1.807) is 0 Å². The van der Waals surface area contributed by atoms with Gasteiger partial charge in [0.15, 0.2) is 0 Å². The Bertz CT molecular complexity index is 438. The molecule has 2 N–H and O–H groups in total. The predicted molar refractivity (Wildman–Crippen MR) is 66.2 cm³/mol. The molecule has 0 spiro atoms. The normalized spacial score (nSPS) is 26.6. The number of carbonyl (C=O) groups is 1. The molecule has 6 nitrogen and oxygen atoms in total. The summed E-state index contributed by atoms with van der Waals surface area (Å²) in [6.45, 7) is 0.284. The van der Waals surface area contributed by atoms with Gasteiger partial charge in [-0.2, -0.15) is 17.4 Å². The first-order chi connectivity index (χ1) is 8.50. The fourth-order valence-corrected chi connectivity index (χ4v) is 4.08. The predicted octanol–water partition coefficient (Wildman–Crippen LogP) is 0.478. The topological polar surface area (TPSA) is 86.7 Å². The quantitative estimate of drug-likeness (QED) is 0.730. The van der Waals surface area contributed by atoms with E-state index in [0.29, 0.717) is 25.7 Å². The van der Waals surface area contributed by atoms with Crippen molar-refractivity contribution in [3.63, 3.8) is 0 Å². The van der Waals surface area contributed by atoms with Crippen LogP contribution in [-0.2, 0) is 15.0 Å². The van der Waals surface area contributed by atoms with Crippen LogP contribution in [0.3, 0.4) is 0 Å². The summed E-state index contributed by atoms with van der Waals surface area (Å²) in [6, 6.07) is -1.06. The Balaban J connectivity index is 2.08. The van der Waals surface area contributed by atoms with Crippen LogP contribution in [0.15, 0.2) is 12.2 Å². The number of piperidine rings is 1. The second-order valence-electron chi connectivity index (χ2n) is 4.72. The van der Waals surface area contributed by atoms with Crippen molar-refractivity contribution in [3.8, 4) is 0 Å². The average molecular weight is 274 g/mol. The Morgan fingerprint density at radius 2 is 1.94 bits per heavy atom. The minimum Gasteiger partial charge on any atom is -0.480 e. The first-order valence-electron chi connectivity index (χ1n) is 6.17. The summed E-state index contributed by atoms with van der Waals surface area (Å²) in [5, 5.41) is 9.09. The molecular formula is C11H18N2O4S. The first kappa shape index (κ1) is 13.5. The molecule has 1 heterocycles. The number of rotatable bonds is 4. The van der Waals surface area contributed by atoms with Gasteiger partial charge in [0.05, 0.1) is 0 Å². The van der Waals surface area contributed by atoms with E-state index in [0.717, 1.165) is 10.7 Å². The van der Waals surface area contributed by atoms with E-state index in [1.165, 1.54) is 0 Å². The van der Waals surface area contributed by atoms with Crippen LogP contribution in [0.4, 0.5) is 0 Å². The molecule has 102 valence electrons. The van der Waals surface area contributed by atoms with Crippen molar-refractivity contribution in [2.45, 2.75) is 44.2 Å². The number of aliphatic carboxylic acids is 1. The molecule has 2 rings (SSSR count). The SMILES string of the molecule is O=C(O)C1CCCCN1S(=O)(=O)NC1CC=CC1. The molecule has 1 atom stereocenters. The zero-order valence-corrected chi connectivity index (χ0v) is 10.9. The highest BCUT2D eigenvalue weighted by atomic mass is 32.2. The van der Waals surface area contributed by atoms with Gasteiger partial charge in [0.1, 0.15) is 6.04 Å². The Hall–Kier alpha value is -0.920. The summed E-state index contributed by atoms with van der Waals surface area (Å²) < 4.78 is 28.0. The van der Waals surface area contributed by atoms with Crippen LogP contribution in [0.1, 0.15) is 32.1 Å². The Morgan fingerprint density at radius 1 is 1.28 bits per heavy atom. The monoisotopic (exact) mass is 274 g/mol. The molecule has 2 aliphatic rings. The highest BCUT2D eigenvalue weighted by Gasteiger charge is 2.37. The van der Waals surface area contributed by atoms with Crippen LogP contribution in [0, 0.1) is 0 Å². The smallest absolute Gasteiger partial charge is 0.322 e. The fourth-order valence-electron chi connectivity index (χ4n) is 2.43. The summed E-state index contributed by atoms with van der Waals surface area (Å²) >= 11 is 0. The van der Waals surface area contributed by atoms with Crippen molar-refractivity contribution in [1.29, 1.82) is 0 Å². The average Bonchev–Trinajstić information content (AvgIpc) is 2.81. The van der Waals surface area contributed by atoms with E-state index in [4.69, 9.17) is 5.11 Å². The third-order valence-electron chi connectivity index (χ3n) is 3.37. The number of hydrogen-bond acceptors (Lipinski definition) is 3. The number of hydrogen-bond donors (Lipinski definition) is 2. The molecule has 1 saturated heterocycles. The first-order valence-corrected chi connectivity index (χ1v) is 7.61. The van der Waals surface area contributed by atoms with Crippen molar-refractivity contribution >= 4 is 16.2 Å². The van der Waals surface area contributed by atoms with Gasteiger partial charge in [0.25, 0.3) is 10.2 Å². The molecule has 1 aliphatic carbocycles. The Labute approximate surface area is 107 Å². The molecule has 0 radical (unpaired) electrons. The van der Waals surface area contributed by atoms with Crippen LogP contribution >= 0.6 is 0 Å². The van der Waals surface area contributed by atoms with E-state index in [9.17, 15) is 13.2 Å². The van der Waals surface area contributed by atoms with Crippen molar-refractivity contribution in [2.75, 3.05) is 6.54 Å². The van der Waals surface area contributed by atoms with Gasteiger partial charge in [0.2, 0.25) is 0 Å². The minimum atomic E-state index is -3.70. The highest BCUT2D eigenvalue weighted by Crippen LogP contribution is 2.21. The largest absolute Gasteiger partial charge is 0.480 e. The minimum absolute atomic E-state index is 0.133. The number of carboxylic acids is 1. The lowest BCUT2D eigenvalue weighted by Gasteiger charge is -2.32. The highest BCUT2D eigenvalue weighted by molar-refractivity contribution is 7.87. The van der Waals surface area contributed by atoms with Gasteiger partial charge in [-0.05, 0) is 32.1 Å². The van der Waals surface area contributed by atoms with E-state index >= 15 is 0 Å². The van der Waals surface area contributed by atoms with Gasteiger partial charge in [0, 0.05) is 12.6 Å². The van der Waals surface area contributed by atoms with Crippen LogP contribution < -0.4 is 4.72 Å². The molecule has 0 aromatic heterocycles. The van der Waals surface area contributed by atoms with Gasteiger partial charge in [-0.1, -0.05) is 12.2 Å². The van der Waals surface area contributed by atoms with Crippen LogP contribution in [0.2, 0.25) is 0 Å². The van der Waals surface area contributed by atoms with Crippen LogP contribution in [0.25, 0.3) is 0 Å². The second kappa shape index (κ2) is 5.38. The summed E-state index contributed by atoms with van der Waals surface area (Å²) in [4.78, 5) is 11.1. The maximum atomic E-state index is 12.2. The molecule has 1 fully saturated rings. The third-order valence-corrected chi connectivity index (χ3v) is 5.06. The number of carboxylic acid groups (broad SMARTS) is 1. The maximum absolute atomic E-state index is 12.2. The Morgan fingerprint density at radius 3 is 2.56 bits per heavy atom. The standard InChI is InChI=1S/C11H18N2O4S/c14-11(15)10-7-3-4-8-13(10)18(16,17)12-9-5-1-2-6-9/h1-2,9-10,12H,3-8H2,(H,14,15). The lowest BCUT2D eigenvalue weighted by molar-refractivity contribution is -0.142. The van der Waals surface area contributed by atoms with Crippen molar-refractivity contribution in [3.05, 3.63) is 12.2 Å². The molecule has 0 amide bonds. The molecular weight excluding hydrogens is 256 g/mol. The second-order valence-corrected chi connectivity index (χ2v) is 6.38. The van der Waals surface area contributed by atoms with Crippen molar-refractivity contribution < 1.29 is 18.3 Å². The summed E-state index contributed by atoms with van der Waals surface area (Å²) in [7, 11) is -3.70. The molecule has 7 heteroatoms. The molecule has 0 aromatic carbocycles. The van der Waals surface area contributed by atoms with Gasteiger partial charge in [-0.3, -0.25) is 4.79 Å². The van der Waals surface area contributed by atoms with Gasteiger partial charge < -0.3 is 5.11 Å². The number of nitrogens with zero attached hydrogens (tertiary/aromatic N) is 1. The van der Waals surface area contributed by atoms with Crippen LogP contribution in [0.5, 0.6) is 0 Å². The maximum Gasteiger partial charge on any atom is 0.322 e. The zero-order valence-electron chi connectivity index (χ0n) is 10.1. The third kappa shape index (κ3) is 2.90. The lowest BCUT2D eigenvalue weighted by Crippen LogP contribution is -2.53. The summed E-state index contributed by atoms with van der Waals surface area (Å²) in [5.74, 6) is -1.07. The van der Waals surface area contributed by atoms with Crippen LogP contribution in [-0.4, -0.2) is 42.4 Å². The molecule has 18 heavy (non-hydrogen) atoms. The fraction of sp³-hybridized carbons (Fsp3) is 0.727. The van der Waals surface area contributed by atoms with E-state index in [2.05, 4.69) is 4.72 Å². The van der Waals surface area contributed by atoms with E-state index < -0.39 is 22.2 Å². The lowest BCUT2D eigenvalue weighted by atomic mass is 10.1. The van der Waals surface area contributed by atoms with Gasteiger partial charge in [-0.25, -0.2) is 0 Å². The van der Waals surface area contributed by atoms with Gasteiger partial charge in [-0.15, -0.1) is 0 Å². The molecule has 0 saturated carbocycles. The van der Waals surface area contributed by atoms with Gasteiger partial charge >= 0.3 is 5.97 Å². The Kier molecular flexibility index (Phi) is 4.04. The van der Waals surface area contributed by atoms with Crippen molar-refractivity contribution in [1.82, 2.24) is 9.03 Å². The van der Waals surface area contributed by atoms with E-state index in [1.807, 2.05) is 12.2 Å². The van der Waals surface area contributed by atoms with Crippen molar-refractivity contribution in [2.24, 2.45) is 0 Å². The molecule has 0 aromatic rings. The number of nitrogens with one attached hydrogen (secondary N) is 1. The molecule has 1 unspecified atom stereocenters. The summed E-state index contributed by atoms with van der Waals surface area (Å²) in [5.41, 5.74) is 0. The van der Waals surface area contributed by atoms with E-state index in [-0.39, 0.29) is 12.6 Å². The molecule has 1 aliphatic heterocycles. The zero-order chi connectivity index (χ0) is 13.2.